The Kier molecular flexibility index (Phi) is 6.30. The summed E-state index contributed by atoms with van der Waals surface area (Å²) in [4.78, 5) is 24.5. The number of sulfonamides is 1. The third-order valence-corrected chi connectivity index (χ3v) is 6.25. The molecule has 0 aliphatic rings. The average Bonchev–Trinajstić information content (AvgIpc) is 3.20. The Labute approximate surface area is 172 Å². The minimum Gasteiger partial charge on any atom is -0.462 e. The Bertz CT molecular complexity index is 1120. The minimum absolute atomic E-state index is 0.0370. The summed E-state index contributed by atoms with van der Waals surface area (Å²) in [6.07, 6.45) is 0. The number of benzene rings is 2. The Balaban J connectivity index is 1.81. The van der Waals surface area contributed by atoms with Crippen molar-refractivity contribution in [3.05, 3.63) is 76.5 Å². The van der Waals surface area contributed by atoms with E-state index >= 15 is 0 Å². The number of carbonyl (C=O) groups is 2. The van der Waals surface area contributed by atoms with Crippen LogP contribution in [0, 0.1) is 0 Å². The molecule has 1 heterocycles. The van der Waals surface area contributed by atoms with Crippen LogP contribution in [0.1, 0.15) is 27.0 Å². The number of anilines is 2. The summed E-state index contributed by atoms with van der Waals surface area (Å²) in [5.41, 5.74) is 1.04. The molecule has 3 rings (SSSR count). The number of carbonyl (C=O) groups excluding carboxylic acids is 2. The number of hydrogen-bond donors (Lipinski definition) is 2. The van der Waals surface area contributed by atoms with Crippen molar-refractivity contribution in [3.8, 4) is 0 Å². The summed E-state index contributed by atoms with van der Waals surface area (Å²) < 4.78 is 32.8. The number of ether oxygens (including phenoxy) is 1. The summed E-state index contributed by atoms with van der Waals surface area (Å²) in [6, 6.07) is 16.0. The van der Waals surface area contributed by atoms with Gasteiger partial charge in [0.1, 0.15) is 9.77 Å². The molecule has 1 aromatic heterocycles. The summed E-state index contributed by atoms with van der Waals surface area (Å²) in [7, 11) is -3.94. The van der Waals surface area contributed by atoms with Gasteiger partial charge in [-0.05, 0) is 48.7 Å². The van der Waals surface area contributed by atoms with Crippen LogP contribution >= 0.6 is 11.3 Å². The molecule has 0 radical (unpaired) electrons. The molecule has 1 amide bonds. The zero-order chi connectivity index (χ0) is 20.9. The summed E-state index contributed by atoms with van der Waals surface area (Å²) in [6.45, 7) is 1.94. The molecule has 29 heavy (non-hydrogen) atoms. The molecule has 3 aromatic rings. The van der Waals surface area contributed by atoms with E-state index in [0.717, 1.165) is 11.3 Å². The van der Waals surface area contributed by atoms with Crippen LogP contribution < -0.4 is 10.0 Å². The first kappa shape index (κ1) is 20.6. The molecule has 7 nitrogen and oxygen atoms in total. The Morgan fingerprint density at radius 1 is 1.00 bits per heavy atom. The fraction of sp³-hybridized carbons (Fsp3) is 0.100. The maximum Gasteiger partial charge on any atom is 0.338 e. The van der Waals surface area contributed by atoms with Gasteiger partial charge in [-0.3, -0.25) is 9.52 Å². The molecule has 9 heteroatoms. The van der Waals surface area contributed by atoms with Crippen molar-refractivity contribution in [3.63, 3.8) is 0 Å². The predicted molar refractivity (Wildman–Crippen MR) is 112 cm³/mol. The largest absolute Gasteiger partial charge is 0.462 e. The number of esters is 1. The van der Waals surface area contributed by atoms with Gasteiger partial charge in [0.05, 0.1) is 12.2 Å². The second kappa shape index (κ2) is 8.89. The van der Waals surface area contributed by atoms with E-state index in [0.29, 0.717) is 11.4 Å². The smallest absolute Gasteiger partial charge is 0.338 e. The van der Waals surface area contributed by atoms with E-state index in [1.165, 1.54) is 17.5 Å². The molecule has 0 saturated carbocycles. The number of hydrogen-bond acceptors (Lipinski definition) is 6. The van der Waals surface area contributed by atoms with Gasteiger partial charge >= 0.3 is 5.97 Å². The van der Waals surface area contributed by atoms with Gasteiger partial charge in [-0.15, -0.1) is 11.3 Å². The standard InChI is InChI=1S/C20H18N2O5S2/c1-2-27-20(24)14-7-6-10-16(13-14)21-19(23)18-17(11-12-28-18)29(25,26)22-15-8-4-3-5-9-15/h3-13,22H,2H2,1H3,(H,21,23). The van der Waals surface area contributed by atoms with Gasteiger partial charge in [0, 0.05) is 11.4 Å². The van der Waals surface area contributed by atoms with Crippen molar-refractivity contribution in [2.45, 2.75) is 11.8 Å². The van der Waals surface area contributed by atoms with Crippen LogP contribution in [0.4, 0.5) is 11.4 Å². The van der Waals surface area contributed by atoms with E-state index in [4.69, 9.17) is 4.74 Å². The third kappa shape index (κ3) is 5.01. The monoisotopic (exact) mass is 430 g/mol. The van der Waals surface area contributed by atoms with Crippen LogP contribution in [-0.4, -0.2) is 26.9 Å². The van der Waals surface area contributed by atoms with Crippen LogP contribution in [0.5, 0.6) is 0 Å². The lowest BCUT2D eigenvalue weighted by molar-refractivity contribution is 0.0526. The number of amides is 1. The Hall–Kier alpha value is -3.17. The van der Waals surface area contributed by atoms with E-state index in [1.54, 1.807) is 55.5 Å². The lowest BCUT2D eigenvalue weighted by Gasteiger charge is -2.10. The molecular weight excluding hydrogens is 412 g/mol. The molecule has 0 atom stereocenters. The lowest BCUT2D eigenvalue weighted by atomic mass is 10.2. The quantitative estimate of drug-likeness (QED) is 0.552. The highest BCUT2D eigenvalue weighted by molar-refractivity contribution is 7.93. The molecule has 2 N–H and O–H groups in total. The second-order valence-corrected chi connectivity index (χ2v) is 8.41. The lowest BCUT2D eigenvalue weighted by Crippen LogP contribution is -2.18. The molecule has 0 unspecified atom stereocenters. The molecular formula is C20H18N2O5S2. The van der Waals surface area contributed by atoms with E-state index < -0.39 is 21.9 Å². The molecule has 0 aliphatic heterocycles. The minimum atomic E-state index is -3.94. The topological polar surface area (TPSA) is 102 Å². The molecule has 0 aliphatic carbocycles. The summed E-state index contributed by atoms with van der Waals surface area (Å²) >= 11 is 1.01. The van der Waals surface area contributed by atoms with Gasteiger partial charge < -0.3 is 10.1 Å². The van der Waals surface area contributed by atoms with E-state index in [1.807, 2.05) is 0 Å². The predicted octanol–water partition coefficient (Wildman–Crippen LogP) is 3.98. The fourth-order valence-electron chi connectivity index (χ4n) is 2.52. The van der Waals surface area contributed by atoms with Gasteiger partial charge in [0.15, 0.2) is 0 Å². The van der Waals surface area contributed by atoms with Crippen molar-refractivity contribution in [1.29, 1.82) is 0 Å². The van der Waals surface area contributed by atoms with Gasteiger partial charge in [0.2, 0.25) is 0 Å². The van der Waals surface area contributed by atoms with Crippen molar-refractivity contribution < 1.29 is 22.7 Å². The van der Waals surface area contributed by atoms with Gasteiger partial charge in [-0.2, -0.15) is 0 Å². The van der Waals surface area contributed by atoms with Gasteiger partial charge in [0.25, 0.3) is 15.9 Å². The van der Waals surface area contributed by atoms with E-state index in [2.05, 4.69) is 10.0 Å². The number of thiophene rings is 1. The number of rotatable bonds is 7. The van der Waals surface area contributed by atoms with E-state index in [-0.39, 0.29) is 21.9 Å². The first-order valence-corrected chi connectivity index (χ1v) is 11.0. The molecule has 0 bridgehead atoms. The molecule has 0 spiro atoms. The maximum absolute atomic E-state index is 12.7. The summed E-state index contributed by atoms with van der Waals surface area (Å²) in [5, 5.41) is 4.16. The van der Waals surface area contributed by atoms with Crippen LogP contribution in [-0.2, 0) is 14.8 Å². The van der Waals surface area contributed by atoms with Crippen molar-refractivity contribution in [2.75, 3.05) is 16.6 Å². The molecule has 2 aromatic carbocycles. The average molecular weight is 431 g/mol. The third-order valence-electron chi connectivity index (χ3n) is 3.78. The molecule has 0 saturated heterocycles. The Morgan fingerprint density at radius 3 is 2.45 bits per heavy atom. The van der Waals surface area contributed by atoms with Gasteiger partial charge in [-0.1, -0.05) is 24.3 Å². The molecule has 0 fully saturated rings. The second-order valence-electron chi connectivity index (χ2n) is 5.84. The highest BCUT2D eigenvalue weighted by atomic mass is 32.2. The van der Waals surface area contributed by atoms with E-state index in [9.17, 15) is 18.0 Å². The van der Waals surface area contributed by atoms with Crippen molar-refractivity contribution in [2.24, 2.45) is 0 Å². The van der Waals surface area contributed by atoms with Crippen molar-refractivity contribution in [1.82, 2.24) is 0 Å². The van der Waals surface area contributed by atoms with Crippen LogP contribution in [0.15, 0.2) is 70.9 Å². The first-order valence-electron chi connectivity index (χ1n) is 8.64. The van der Waals surface area contributed by atoms with Crippen molar-refractivity contribution >= 4 is 44.6 Å². The zero-order valence-electron chi connectivity index (χ0n) is 15.4. The fourth-order valence-corrected chi connectivity index (χ4v) is 4.90. The SMILES string of the molecule is CCOC(=O)c1cccc(NC(=O)c2sccc2S(=O)(=O)Nc2ccccc2)c1. The number of nitrogens with one attached hydrogen (secondary N) is 2. The zero-order valence-corrected chi connectivity index (χ0v) is 17.0. The first-order chi connectivity index (χ1) is 13.9. The Morgan fingerprint density at radius 2 is 1.72 bits per heavy atom. The molecule has 150 valence electrons. The number of para-hydroxylation sites is 1. The maximum atomic E-state index is 12.7. The normalized spacial score (nSPS) is 10.9. The van der Waals surface area contributed by atoms with Crippen LogP contribution in [0.2, 0.25) is 0 Å². The summed E-state index contributed by atoms with van der Waals surface area (Å²) in [5.74, 6) is -1.09. The van der Waals surface area contributed by atoms with Crippen LogP contribution in [0.3, 0.4) is 0 Å². The highest BCUT2D eigenvalue weighted by Crippen LogP contribution is 2.25. The van der Waals surface area contributed by atoms with Crippen LogP contribution in [0.25, 0.3) is 0 Å². The van der Waals surface area contributed by atoms with Gasteiger partial charge in [-0.25, -0.2) is 13.2 Å². The highest BCUT2D eigenvalue weighted by Gasteiger charge is 2.24.